The third-order valence-electron chi connectivity index (χ3n) is 3.96. The molecule has 1 atom stereocenters. The van der Waals surface area contributed by atoms with E-state index in [0.717, 1.165) is 36.8 Å². The van der Waals surface area contributed by atoms with Crippen molar-refractivity contribution in [1.82, 2.24) is 14.9 Å². The molecule has 112 valence electrons. The van der Waals surface area contributed by atoms with Crippen molar-refractivity contribution in [3.8, 4) is 0 Å². The molecule has 1 N–H and O–H groups in total. The summed E-state index contributed by atoms with van der Waals surface area (Å²) in [4.78, 5) is 13.8. The molecule has 0 aromatic carbocycles. The third-order valence-corrected chi connectivity index (χ3v) is 3.96. The molecular formula is C15H27N5. The van der Waals surface area contributed by atoms with Crippen LogP contribution in [0.25, 0.3) is 0 Å². The Morgan fingerprint density at radius 3 is 3.00 bits per heavy atom. The van der Waals surface area contributed by atoms with Crippen LogP contribution >= 0.6 is 0 Å². The molecule has 1 aromatic heterocycles. The van der Waals surface area contributed by atoms with Crippen molar-refractivity contribution in [1.29, 1.82) is 0 Å². The highest BCUT2D eigenvalue weighted by Crippen LogP contribution is 2.23. The van der Waals surface area contributed by atoms with Crippen LogP contribution < -0.4 is 10.2 Å². The fraction of sp³-hybridized carbons (Fsp3) is 0.733. The first-order valence-corrected chi connectivity index (χ1v) is 7.60. The van der Waals surface area contributed by atoms with Gasteiger partial charge in [0.15, 0.2) is 0 Å². The topological polar surface area (TPSA) is 44.3 Å². The highest BCUT2D eigenvalue weighted by atomic mass is 15.3. The zero-order valence-corrected chi connectivity index (χ0v) is 13.2. The lowest BCUT2D eigenvalue weighted by molar-refractivity contribution is 0.247. The Morgan fingerprint density at radius 1 is 1.50 bits per heavy atom. The van der Waals surface area contributed by atoms with E-state index in [4.69, 9.17) is 4.98 Å². The number of aryl methyl sites for hydroxylation is 1. The van der Waals surface area contributed by atoms with Gasteiger partial charge >= 0.3 is 0 Å². The average molecular weight is 277 g/mol. The van der Waals surface area contributed by atoms with Gasteiger partial charge in [0.1, 0.15) is 5.82 Å². The molecule has 0 aliphatic carbocycles. The Bertz CT molecular complexity index is 434. The van der Waals surface area contributed by atoms with Gasteiger partial charge in [-0.15, -0.1) is 0 Å². The minimum atomic E-state index is 0.543. The Morgan fingerprint density at radius 2 is 2.30 bits per heavy atom. The zero-order chi connectivity index (χ0) is 14.5. The van der Waals surface area contributed by atoms with Gasteiger partial charge in [-0.2, -0.15) is 4.98 Å². The number of nitrogens with zero attached hydrogens (tertiary/aromatic N) is 4. The van der Waals surface area contributed by atoms with Gasteiger partial charge in [-0.3, -0.25) is 0 Å². The van der Waals surface area contributed by atoms with E-state index in [1.165, 1.54) is 19.4 Å². The van der Waals surface area contributed by atoms with Crippen molar-refractivity contribution in [3.63, 3.8) is 0 Å². The summed E-state index contributed by atoms with van der Waals surface area (Å²) in [5.41, 5.74) is 1.14. The normalized spacial score (nSPS) is 19.9. The SMILES string of the molecule is CCCNc1ncc(C)c(N(C)C2CCCN(C)C2)n1. The fourth-order valence-corrected chi connectivity index (χ4v) is 2.74. The molecule has 0 amide bonds. The van der Waals surface area contributed by atoms with Gasteiger partial charge in [0, 0.05) is 37.9 Å². The van der Waals surface area contributed by atoms with Crippen LogP contribution in [0.4, 0.5) is 11.8 Å². The summed E-state index contributed by atoms with van der Waals surface area (Å²) >= 11 is 0. The Balaban J connectivity index is 2.13. The molecule has 0 saturated carbocycles. The smallest absolute Gasteiger partial charge is 0.224 e. The number of likely N-dealkylation sites (tertiary alicyclic amines) is 1. The molecule has 5 nitrogen and oxygen atoms in total. The predicted molar refractivity (Wildman–Crippen MR) is 84.5 cm³/mol. The molecule has 1 unspecified atom stereocenters. The van der Waals surface area contributed by atoms with Gasteiger partial charge < -0.3 is 15.1 Å². The zero-order valence-electron chi connectivity index (χ0n) is 13.2. The molecule has 20 heavy (non-hydrogen) atoms. The fourth-order valence-electron chi connectivity index (χ4n) is 2.74. The summed E-state index contributed by atoms with van der Waals surface area (Å²) in [6.45, 7) is 7.46. The van der Waals surface area contributed by atoms with Gasteiger partial charge in [-0.25, -0.2) is 4.98 Å². The molecule has 0 bridgehead atoms. The van der Waals surface area contributed by atoms with Crippen LogP contribution in [0.15, 0.2) is 6.20 Å². The van der Waals surface area contributed by atoms with E-state index in [9.17, 15) is 0 Å². The van der Waals surface area contributed by atoms with E-state index in [0.29, 0.717) is 6.04 Å². The molecule has 1 fully saturated rings. The van der Waals surface area contributed by atoms with E-state index in [-0.39, 0.29) is 0 Å². The lowest BCUT2D eigenvalue weighted by atomic mass is 10.0. The number of aromatic nitrogens is 2. The van der Waals surface area contributed by atoms with Crippen LogP contribution in [0.1, 0.15) is 31.7 Å². The van der Waals surface area contributed by atoms with Crippen LogP contribution in [0.5, 0.6) is 0 Å². The molecule has 0 spiro atoms. The van der Waals surface area contributed by atoms with Crippen molar-refractivity contribution in [2.45, 2.75) is 39.2 Å². The van der Waals surface area contributed by atoms with Crippen LogP contribution in [-0.4, -0.2) is 54.6 Å². The third kappa shape index (κ3) is 3.60. The van der Waals surface area contributed by atoms with E-state index >= 15 is 0 Å². The van der Waals surface area contributed by atoms with Gasteiger partial charge in [0.25, 0.3) is 0 Å². The second kappa shape index (κ2) is 6.88. The number of likely N-dealkylation sites (N-methyl/N-ethyl adjacent to an activating group) is 2. The van der Waals surface area contributed by atoms with Gasteiger partial charge in [-0.1, -0.05) is 6.92 Å². The second-order valence-corrected chi connectivity index (χ2v) is 5.80. The number of piperidine rings is 1. The standard InChI is InChI=1S/C15H27N5/c1-5-8-16-15-17-10-12(2)14(18-15)20(4)13-7-6-9-19(3)11-13/h10,13H,5-9,11H2,1-4H3,(H,16,17,18). The maximum atomic E-state index is 4.70. The summed E-state index contributed by atoms with van der Waals surface area (Å²) in [5.74, 6) is 1.79. The Hall–Kier alpha value is -1.36. The van der Waals surface area contributed by atoms with Crippen molar-refractivity contribution in [2.75, 3.05) is 43.9 Å². The lowest BCUT2D eigenvalue weighted by Crippen LogP contribution is -2.45. The first-order chi connectivity index (χ1) is 9.61. The van der Waals surface area contributed by atoms with E-state index < -0.39 is 0 Å². The number of hydrogen-bond acceptors (Lipinski definition) is 5. The quantitative estimate of drug-likeness (QED) is 0.893. The van der Waals surface area contributed by atoms with E-state index in [1.54, 1.807) is 0 Å². The molecule has 1 saturated heterocycles. The van der Waals surface area contributed by atoms with Crippen LogP contribution in [0.2, 0.25) is 0 Å². The summed E-state index contributed by atoms with van der Waals surface area (Å²) in [6.07, 6.45) is 5.50. The molecule has 1 aliphatic rings. The number of anilines is 2. The monoisotopic (exact) mass is 277 g/mol. The number of hydrogen-bond donors (Lipinski definition) is 1. The van der Waals surface area contributed by atoms with Crippen LogP contribution in [0.3, 0.4) is 0 Å². The summed E-state index contributed by atoms with van der Waals surface area (Å²) < 4.78 is 0. The maximum absolute atomic E-state index is 4.70. The Kier molecular flexibility index (Phi) is 5.17. The van der Waals surface area contributed by atoms with Crippen molar-refractivity contribution >= 4 is 11.8 Å². The molecule has 1 aliphatic heterocycles. The van der Waals surface area contributed by atoms with Crippen molar-refractivity contribution in [3.05, 3.63) is 11.8 Å². The van der Waals surface area contributed by atoms with Gasteiger partial charge in [-0.05, 0) is 39.8 Å². The highest BCUT2D eigenvalue weighted by Gasteiger charge is 2.23. The number of rotatable bonds is 5. The number of nitrogens with one attached hydrogen (secondary N) is 1. The summed E-state index contributed by atoms with van der Waals surface area (Å²) in [7, 11) is 4.35. The van der Waals surface area contributed by atoms with Crippen molar-refractivity contribution < 1.29 is 0 Å². The summed E-state index contributed by atoms with van der Waals surface area (Å²) in [6, 6.07) is 0.543. The molecule has 2 heterocycles. The first kappa shape index (κ1) is 15.0. The van der Waals surface area contributed by atoms with Gasteiger partial charge in [0.05, 0.1) is 0 Å². The molecule has 0 radical (unpaired) electrons. The molecule has 1 aromatic rings. The van der Waals surface area contributed by atoms with Crippen LogP contribution in [0, 0.1) is 6.92 Å². The van der Waals surface area contributed by atoms with Gasteiger partial charge in [0.2, 0.25) is 5.95 Å². The highest BCUT2D eigenvalue weighted by molar-refractivity contribution is 5.49. The molecule has 2 rings (SSSR count). The average Bonchev–Trinajstić information content (AvgIpc) is 2.45. The second-order valence-electron chi connectivity index (χ2n) is 5.80. The Labute approximate surface area is 122 Å². The van der Waals surface area contributed by atoms with E-state index in [2.05, 4.69) is 48.0 Å². The lowest BCUT2D eigenvalue weighted by Gasteiger charge is -2.37. The largest absolute Gasteiger partial charge is 0.355 e. The predicted octanol–water partition coefficient (Wildman–Crippen LogP) is 2.14. The summed E-state index contributed by atoms with van der Waals surface area (Å²) in [5, 5.41) is 3.27. The maximum Gasteiger partial charge on any atom is 0.224 e. The van der Waals surface area contributed by atoms with Crippen molar-refractivity contribution in [2.24, 2.45) is 0 Å². The molecule has 5 heteroatoms. The first-order valence-electron chi connectivity index (χ1n) is 7.60. The minimum Gasteiger partial charge on any atom is -0.355 e. The minimum absolute atomic E-state index is 0.543. The van der Waals surface area contributed by atoms with Crippen LogP contribution in [-0.2, 0) is 0 Å². The molecular weight excluding hydrogens is 250 g/mol. The van der Waals surface area contributed by atoms with E-state index in [1.807, 2.05) is 6.20 Å².